The van der Waals surface area contributed by atoms with Crippen LogP contribution in [0.2, 0.25) is 10.0 Å². The van der Waals surface area contributed by atoms with Gasteiger partial charge in [-0.2, -0.15) is 0 Å². The molecule has 0 bridgehead atoms. The molecule has 32 heavy (non-hydrogen) atoms. The summed E-state index contributed by atoms with van der Waals surface area (Å²) in [5, 5.41) is 3.56. The van der Waals surface area contributed by atoms with E-state index in [1.165, 1.54) is 9.87 Å². The van der Waals surface area contributed by atoms with E-state index in [-0.39, 0.29) is 24.1 Å². The lowest BCUT2D eigenvalue weighted by molar-refractivity contribution is -0.126. The summed E-state index contributed by atoms with van der Waals surface area (Å²) in [4.78, 5) is 12.6. The van der Waals surface area contributed by atoms with Gasteiger partial charge in [-0.15, -0.1) is 0 Å². The molecule has 2 aromatic carbocycles. The summed E-state index contributed by atoms with van der Waals surface area (Å²) in [7, 11) is -3.57. The topological polar surface area (TPSA) is 75.7 Å². The monoisotopic (exact) mass is 498 g/mol. The number of hydrogen-bond donors (Lipinski definition) is 1. The molecule has 1 N–H and O–H groups in total. The summed E-state index contributed by atoms with van der Waals surface area (Å²) in [5.74, 6) is 0.0531. The number of carbonyl (C=O) groups excluding carboxylic acids is 1. The predicted molar refractivity (Wildman–Crippen MR) is 128 cm³/mol. The van der Waals surface area contributed by atoms with Crippen LogP contribution in [0.25, 0.3) is 0 Å². The van der Waals surface area contributed by atoms with Crippen LogP contribution in [0.15, 0.2) is 42.5 Å². The van der Waals surface area contributed by atoms with Crippen molar-refractivity contribution in [2.45, 2.75) is 31.9 Å². The van der Waals surface area contributed by atoms with Crippen molar-refractivity contribution in [3.63, 3.8) is 0 Å². The quantitative estimate of drug-likeness (QED) is 0.523. The lowest BCUT2D eigenvalue weighted by atomic mass is 9.99. The molecule has 9 heteroatoms. The van der Waals surface area contributed by atoms with E-state index in [1.54, 1.807) is 18.2 Å². The Morgan fingerprint density at radius 1 is 1.12 bits per heavy atom. The van der Waals surface area contributed by atoms with Crippen molar-refractivity contribution >= 4 is 39.1 Å². The summed E-state index contributed by atoms with van der Waals surface area (Å²) < 4.78 is 32.8. The fourth-order valence-corrected chi connectivity index (χ4v) is 5.57. The minimum Gasteiger partial charge on any atom is -0.492 e. The van der Waals surface area contributed by atoms with Crippen molar-refractivity contribution in [3.8, 4) is 5.75 Å². The SMILES string of the molecule is CCc1ccc(OCCNC(=O)[C@@H]2CCCN(S(=O)(=O)Cc3ccc(Cl)c(Cl)c3)C2)cc1. The van der Waals surface area contributed by atoms with E-state index in [0.29, 0.717) is 48.1 Å². The first-order valence-electron chi connectivity index (χ1n) is 10.7. The van der Waals surface area contributed by atoms with Gasteiger partial charge in [-0.05, 0) is 54.7 Å². The largest absolute Gasteiger partial charge is 0.492 e. The number of aryl methyl sites for hydroxylation is 1. The lowest BCUT2D eigenvalue weighted by Gasteiger charge is -2.31. The van der Waals surface area contributed by atoms with Gasteiger partial charge in [-0.3, -0.25) is 4.79 Å². The Morgan fingerprint density at radius 3 is 2.53 bits per heavy atom. The number of amides is 1. The van der Waals surface area contributed by atoms with Crippen molar-refractivity contribution in [2.24, 2.45) is 5.92 Å². The molecule has 1 aliphatic rings. The Morgan fingerprint density at radius 2 is 1.84 bits per heavy atom. The minimum atomic E-state index is -3.57. The third-order valence-corrected chi connectivity index (χ3v) is 8.04. The Labute approximate surface area is 199 Å². The molecule has 0 spiro atoms. The maximum atomic E-state index is 12.9. The van der Waals surface area contributed by atoms with Gasteiger partial charge < -0.3 is 10.1 Å². The zero-order valence-corrected chi connectivity index (χ0v) is 20.3. The van der Waals surface area contributed by atoms with Gasteiger partial charge in [-0.1, -0.05) is 48.3 Å². The van der Waals surface area contributed by atoms with Crippen LogP contribution in [0.1, 0.15) is 30.9 Å². The first-order valence-corrected chi connectivity index (χ1v) is 13.1. The maximum Gasteiger partial charge on any atom is 0.224 e. The molecular formula is C23H28Cl2N2O4S. The summed E-state index contributed by atoms with van der Waals surface area (Å²) in [6, 6.07) is 12.7. The van der Waals surface area contributed by atoms with E-state index in [1.807, 2.05) is 24.3 Å². The number of benzene rings is 2. The van der Waals surface area contributed by atoms with Crippen LogP contribution in [-0.2, 0) is 27.0 Å². The molecule has 2 aromatic rings. The number of ether oxygens (including phenoxy) is 1. The Hall–Kier alpha value is -1.80. The highest BCUT2D eigenvalue weighted by molar-refractivity contribution is 7.88. The van der Waals surface area contributed by atoms with Crippen molar-refractivity contribution in [1.82, 2.24) is 9.62 Å². The van der Waals surface area contributed by atoms with Crippen LogP contribution in [0.4, 0.5) is 0 Å². The highest BCUT2D eigenvalue weighted by Crippen LogP contribution is 2.26. The molecule has 0 saturated carbocycles. The van der Waals surface area contributed by atoms with Crippen LogP contribution in [0, 0.1) is 5.92 Å². The number of nitrogens with zero attached hydrogens (tertiary/aromatic N) is 1. The number of hydrogen-bond acceptors (Lipinski definition) is 4. The molecule has 0 radical (unpaired) electrons. The van der Waals surface area contributed by atoms with Gasteiger partial charge in [-0.25, -0.2) is 12.7 Å². The number of nitrogens with one attached hydrogen (secondary N) is 1. The van der Waals surface area contributed by atoms with Gasteiger partial charge >= 0.3 is 0 Å². The second-order valence-corrected chi connectivity index (χ2v) is 10.6. The zero-order chi connectivity index (χ0) is 23.1. The number of sulfonamides is 1. The average molecular weight is 499 g/mol. The number of carbonyl (C=O) groups is 1. The lowest BCUT2D eigenvalue weighted by Crippen LogP contribution is -2.46. The third kappa shape index (κ3) is 6.85. The molecule has 0 unspecified atom stereocenters. The van der Waals surface area contributed by atoms with E-state index in [9.17, 15) is 13.2 Å². The molecular weight excluding hydrogens is 471 g/mol. The Balaban J connectivity index is 1.48. The third-order valence-electron chi connectivity index (χ3n) is 5.48. The second-order valence-electron chi connectivity index (χ2n) is 7.84. The smallest absolute Gasteiger partial charge is 0.224 e. The molecule has 1 saturated heterocycles. The van der Waals surface area contributed by atoms with Gasteiger partial charge in [0, 0.05) is 13.1 Å². The van der Waals surface area contributed by atoms with Gasteiger partial charge in [0.05, 0.1) is 28.3 Å². The van der Waals surface area contributed by atoms with Gasteiger partial charge in [0.2, 0.25) is 15.9 Å². The molecule has 6 nitrogen and oxygen atoms in total. The fourth-order valence-electron chi connectivity index (χ4n) is 3.65. The molecule has 1 atom stereocenters. The zero-order valence-electron chi connectivity index (χ0n) is 18.0. The van der Waals surface area contributed by atoms with Gasteiger partial charge in [0.15, 0.2) is 0 Å². The molecule has 1 fully saturated rings. The summed E-state index contributed by atoms with van der Waals surface area (Å²) in [6.45, 7) is 3.39. The van der Waals surface area contributed by atoms with Crippen LogP contribution in [-0.4, -0.2) is 44.9 Å². The van der Waals surface area contributed by atoms with Gasteiger partial charge in [0.1, 0.15) is 12.4 Å². The molecule has 1 amide bonds. The van der Waals surface area contributed by atoms with Crippen LogP contribution >= 0.6 is 23.2 Å². The van der Waals surface area contributed by atoms with E-state index in [2.05, 4.69) is 12.2 Å². The van der Waals surface area contributed by atoms with E-state index in [0.717, 1.165) is 12.2 Å². The van der Waals surface area contributed by atoms with Crippen molar-refractivity contribution in [2.75, 3.05) is 26.2 Å². The van der Waals surface area contributed by atoms with Crippen molar-refractivity contribution < 1.29 is 17.9 Å². The summed E-state index contributed by atoms with van der Waals surface area (Å²) in [5.41, 5.74) is 1.80. The Kier molecular flexibility index (Phi) is 8.82. The highest BCUT2D eigenvalue weighted by Gasteiger charge is 2.32. The van der Waals surface area contributed by atoms with E-state index >= 15 is 0 Å². The molecule has 0 aliphatic carbocycles. The first-order chi connectivity index (χ1) is 15.3. The van der Waals surface area contributed by atoms with Crippen molar-refractivity contribution in [1.29, 1.82) is 0 Å². The van der Waals surface area contributed by atoms with E-state index in [4.69, 9.17) is 27.9 Å². The first kappa shape index (κ1) is 24.8. The summed E-state index contributed by atoms with van der Waals surface area (Å²) in [6.07, 6.45) is 2.26. The molecule has 1 heterocycles. The van der Waals surface area contributed by atoms with Crippen LogP contribution in [0.3, 0.4) is 0 Å². The maximum absolute atomic E-state index is 12.9. The van der Waals surface area contributed by atoms with Crippen molar-refractivity contribution in [3.05, 3.63) is 63.6 Å². The number of halogens is 2. The predicted octanol–water partition coefficient (Wildman–Crippen LogP) is 4.29. The van der Waals surface area contributed by atoms with Crippen LogP contribution in [0.5, 0.6) is 5.75 Å². The molecule has 0 aromatic heterocycles. The molecule has 3 rings (SSSR count). The normalized spacial score (nSPS) is 17.2. The molecule has 174 valence electrons. The fraction of sp³-hybridized carbons (Fsp3) is 0.435. The molecule has 1 aliphatic heterocycles. The standard InChI is InChI=1S/C23H28Cl2N2O4S/c1-2-17-5-8-20(9-6-17)31-13-11-26-23(28)19-4-3-12-27(15-19)32(29,30)16-18-7-10-21(24)22(25)14-18/h5-10,14,19H,2-4,11-13,15-16H2,1H3,(H,26,28)/t19-/m1/s1. The second kappa shape index (κ2) is 11.4. The minimum absolute atomic E-state index is 0.149. The average Bonchev–Trinajstić information content (AvgIpc) is 2.79. The summed E-state index contributed by atoms with van der Waals surface area (Å²) >= 11 is 11.9. The van der Waals surface area contributed by atoms with E-state index < -0.39 is 10.0 Å². The van der Waals surface area contributed by atoms with Crippen LogP contribution < -0.4 is 10.1 Å². The van der Waals surface area contributed by atoms with Gasteiger partial charge in [0.25, 0.3) is 0 Å². The number of rotatable bonds is 9. The number of piperidine rings is 1. The highest BCUT2D eigenvalue weighted by atomic mass is 35.5. The Bertz CT molecular complexity index is 1030.